The molecule has 1 aromatic carbocycles. The van der Waals surface area contributed by atoms with Gasteiger partial charge in [0, 0.05) is 5.38 Å². The highest BCUT2D eigenvalue weighted by molar-refractivity contribution is 7.14. The summed E-state index contributed by atoms with van der Waals surface area (Å²) in [6, 6.07) is 6.98. The molecule has 0 aliphatic rings. The predicted octanol–water partition coefficient (Wildman–Crippen LogP) is 2.74. The molecule has 8 heteroatoms. The Balaban J connectivity index is 1.81. The zero-order valence-electron chi connectivity index (χ0n) is 13.4. The van der Waals surface area contributed by atoms with Crippen LogP contribution in [0.3, 0.4) is 0 Å². The largest absolute Gasteiger partial charge is 0.494 e. The van der Waals surface area contributed by atoms with Crippen LogP contribution in [0.25, 0.3) is 0 Å². The Morgan fingerprint density at radius 1 is 1.08 bits per heavy atom. The van der Waals surface area contributed by atoms with Gasteiger partial charge in [0.05, 0.1) is 13.2 Å². The summed E-state index contributed by atoms with van der Waals surface area (Å²) in [6.45, 7) is 4.31. The molecule has 128 valence electrons. The van der Waals surface area contributed by atoms with Crippen LogP contribution in [0.15, 0.2) is 29.6 Å². The molecule has 0 atom stereocenters. The molecule has 0 aliphatic heterocycles. The number of ether oxygens (including phenoxy) is 3. The number of nitrogens with zero attached hydrogens (tertiary/aromatic N) is 1. The molecule has 0 fully saturated rings. The fourth-order valence-corrected chi connectivity index (χ4v) is 2.43. The standard InChI is InChI=1S/C16H18N2O5S/c1-3-21-11-5-7-12(8-6-11)23-9-14(19)18-16-17-13(10-24-16)15(20)22-4-2/h5-8,10H,3-4,9H2,1-2H3,(H,17,18,19). The van der Waals surface area contributed by atoms with Crippen LogP contribution >= 0.6 is 11.3 Å². The molecule has 0 radical (unpaired) electrons. The number of thiazole rings is 1. The molecular formula is C16H18N2O5S. The van der Waals surface area contributed by atoms with Crippen LogP contribution in [0, 0.1) is 0 Å². The summed E-state index contributed by atoms with van der Waals surface area (Å²) in [7, 11) is 0. The summed E-state index contributed by atoms with van der Waals surface area (Å²) in [5, 5.41) is 4.42. The maximum Gasteiger partial charge on any atom is 0.357 e. The number of anilines is 1. The van der Waals surface area contributed by atoms with Crippen LogP contribution in [0.1, 0.15) is 24.3 Å². The van der Waals surface area contributed by atoms with Crippen molar-refractivity contribution in [2.75, 3.05) is 25.1 Å². The number of benzene rings is 1. The monoisotopic (exact) mass is 350 g/mol. The Hall–Kier alpha value is -2.61. The molecule has 0 unspecified atom stereocenters. The molecule has 0 spiro atoms. The fourth-order valence-electron chi connectivity index (χ4n) is 1.73. The van der Waals surface area contributed by atoms with Gasteiger partial charge >= 0.3 is 5.97 Å². The van der Waals surface area contributed by atoms with E-state index in [0.717, 1.165) is 17.1 Å². The van der Waals surface area contributed by atoms with Crippen molar-refractivity contribution in [1.82, 2.24) is 4.98 Å². The van der Waals surface area contributed by atoms with E-state index in [1.807, 2.05) is 6.92 Å². The number of amides is 1. The molecular weight excluding hydrogens is 332 g/mol. The lowest BCUT2D eigenvalue weighted by Crippen LogP contribution is -2.20. The van der Waals surface area contributed by atoms with Gasteiger partial charge in [0.1, 0.15) is 11.5 Å². The van der Waals surface area contributed by atoms with Crippen LogP contribution in [0.5, 0.6) is 11.5 Å². The van der Waals surface area contributed by atoms with Gasteiger partial charge in [-0.2, -0.15) is 0 Å². The second-order valence-electron chi connectivity index (χ2n) is 4.50. The number of carbonyl (C=O) groups is 2. The Bertz CT molecular complexity index is 684. The zero-order valence-corrected chi connectivity index (χ0v) is 14.2. The van der Waals surface area contributed by atoms with Gasteiger partial charge in [-0.05, 0) is 38.1 Å². The van der Waals surface area contributed by atoms with Gasteiger partial charge in [0.2, 0.25) is 0 Å². The Morgan fingerprint density at radius 3 is 2.38 bits per heavy atom. The van der Waals surface area contributed by atoms with Gasteiger partial charge in [0.25, 0.3) is 5.91 Å². The van der Waals surface area contributed by atoms with Crippen molar-refractivity contribution in [3.05, 3.63) is 35.3 Å². The summed E-state index contributed by atoms with van der Waals surface area (Å²) in [6.07, 6.45) is 0. The predicted molar refractivity (Wildman–Crippen MR) is 89.8 cm³/mol. The summed E-state index contributed by atoms with van der Waals surface area (Å²) < 4.78 is 15.5. The van der Waals surface area contributed by atoms with Crippen molar-refractivity contribution in [2.45, 2.75) is 13.8 Å². The third kappa shape index (κ3) is 5.24. The van der Waals surface area contributed by atoms with E-state index in [1.54, 1.807) is 31.2 Å². The molecule has 1 aromatic heterocycles. The smallest absolute Gasteiger partial charge is 0.357 e. The minimum Gasteiger partial charge on any atom is -0.494 e. The van der Waals surface area contributed by atoms with Gasteiger partial charge in [-0.1, -0.05) is 0 Å². The minimum absolute atomic E-state index is 0.164. The molecule has 1 amide bonds. The highest BCUT2D eigenvalue weighted by Gasteiger charge is 2.13. The lowest BCUT2D eigenvalue weighted by atomic mass is 10.3. The van der Waals surface area contributed by atoms with Crippen molar-refractivity contribution in [3.8, 4) is 11.5 Å². The normalized spacial score (nSPS) is 10.1. The number of hydrogen-bond donors (Lipinski definition) is 1. The number of rotatable bonds is 8. The van der Waals surface area contributed by atoms with E-state index in [2.05, 4.69) is 10.3 Å². The fraction of sp³-hybridized carbons (Fsp3) is 0.312. The molecule has 0 bridgehead atoms. The van der Waals surface area contributed by atoms with Gasteiger partial charge in [-0.25, -0.2) is 9.78 Å². The van der Waals surface area contributed by atoms with Gasteiger partial charge in [-0.15, -0.1) is 11.3 Å². The average molecular weight is 350 g/mol. The first-order valence-electron chi connectivity index (χ1n) is 7.40. The number of hydrogen-bond acceptors (Lipinski definition) is 7. The highest BCUT2D eigenvalue weighted by atomic mass is 32.1. The van der Waals surface area contributed by atoms with Crippen molar-refractivity contribution in [2.24, 2.45) is 0 Å². The van der Waals surface area contributed by atoms with Crippen molar-refractivity contribution in [3.63, 3.8) is 0 Å². The molecule has 7 nitrogen and oxygen atoms in total. The number of carbonyl (C=O) groups excluding carboxylic acids is 2. The van der Waals surface area contributed by atoms with Gasteiger partial charge in [0.15, 0.2) is 17.4 Å². The van der Waals surface area contributed by atoms with E-state index in [1.165, 1.54) is 5.38 Å². The second-order valence-corrected chi connectivity index (χ2v) is 5.36. The van der Waals surface area contributed by atoms with Crippen molar-refractivity contribution in [1.29, 1.82) is 0 Å². The first kappa shape index (κ1) is 17.7. The van der Waals surface area contributed by atoms with Crippen molar-refractivity contribution < 1.29 is 23.8 Å². The van der Waals surface area contributed by atoms with Gasteiger partial charge < -0.3 is 14.2 Å². The number of esters is 1. The first-order valence-corrected chi connectivity index (χ1v) is 8.28. The summed E-state index contributed by atoms with van der Waals surface area (Å²) in [4.78, 5) is 27.3. The van der Waals surface area contributed by atoms with Crippen LogP contribution in [0.4, 0.5) is 5.13 Å². The summed E-state index contributed by atoms with van der Waals surface area (Å²) in [5.41, 5.74) is 0.171. The van der Waals surface area contributed by atoms with Gasteiger partial charge in [-0.3, -0.25) is 10.1 Å². The number of aromatic nitrogens is 1. The average Bonchev–Trinajstić information content (AvgIpc) is 3.03. The molecule has 1 heterocycles. The molecule has 0 saturated heterocycles. The molecule has 0 aliphatic carbocycles. The van der Waals surface area contributed by atoms with E-state index in [4.69, 9.17) is 14.2 Å². The minimum atomic E-state index is -0.514. The Morgan fingerprint density at radius 2 is 1.75 bits per heavy atom. The molecule has 1 N–H and O–H groups in total. The maximum absolute atomic E-state index is 11.8. The Labute approximate surface area is 143 Å². The van der Waals surface area contributed by atoms with Crippen LogP contribution in [0.2, 0.25) is 0 Å². The SMILES string of the molecule is CCOC(=O)c1csc(NC(=O)COc2ccc(OCC)cc2)n1. The molecule has 24 heavy (non-hydrogen) atoms. The van der Waals surface area contributed by atoms with E-state index < -0.39 is 5.97 Å². The maximum atomic E-state index is 11.8. The first-order chi connectivity index (χ1) is 11.6. The highest BCUT2D eigenvalue weighted by Crippen LogP contribution is 2.18. The Kier molecular flexibility index (Phi) is 6.56. The molecule has 0 saturated carbocycles. The van der Waals surface area contributed by atoms with Crippen LogP contribution in [-0.4, -0.2) is 36.7 Å². The van der Waals surface area contributed by atoms with Crippen LogP contribution < -0.4 is 14.8 Å². The van der Waals surface area contributed by atoms with E-state index >= 15 is 0 Å². The zero-order chi connectivity index (χ0) is 17.4. The van der Waals surface area contributed by atoms with Crippen LogP contribution in [-0.2, 0) is 9.53 Å². The summed E-state index contributed by atoms with van der Waals surface area (Å²) >= 11 is 1.15. The molecule has 2 aromatic rings. The number of nitrogens with one attached hydrogen (secondary N) is 1. The topological polar surface area (TPSA) is 86.8 Å². The lowest BCUT2D eigenvalue weighted by molar-refractivity contribution is -0.118. The lowest BCUT2D eigenvalue weighted by Gasteiger charge is -2.07. The third-order valence-corrected chi connectivity index (χ3v) is 3.50. The summed E-state index contributed by atoms with van der Waals surface area (Å²) in [5.74, 6) is 0.414. The quantitative estimate of drug-likeness (QED) is 0.737. The van der Waals surface area contributed by atoms with E-state index in [0.29, 0.717) is 17.5 Å². The van der Waals surface area contributed by atoms with E-state index in [-0.39, 0.29) is 24.8 Å². The van der Waals surface area contributed by atoms with Crippen molar-refractivity contribution >= 4 is 28.3 Å². The third-order valence-electron chi connectivity index (χ3n) is 2.74. The molecule has 2 rings (SSSR count). The van der Waals surface area contributed by atoms with E-state index in [9.17, 15) is 9.59 Å². The second kappa shape index (κ2) is 8.88.